The van der Waals surface area contributed by atoms with E-state index in [2.05, 4.69) is 13.8 Å². The lowest BCUT2D eigenvalue weighted by Crippen LogP contribution is -2.34. The Morgan fingerprint density at radius 1 is 1.28 bits per heavy atom. The van der Waals surface area contributed by atoms with Crippen molar-refractivity contribution in [3.63, 3.8) is 0 Å². The molecule has 1 rings (SSSR count). The Morgan fingerprint density at radius 3 is 2.39 bits per heavy atom. The number of hydrogen-bond donors (Lipinski definition) is 1. The summed E-state index contributed by atoms with van der Waals surface area (Å²) >= 11 is 0. The summed E-state index contributed by atoms with van der Waals surface area (Å²) in [7, 11) is 1.83. The summed E-state index contributed by atoms with van der Waals surface area (Å²) in [5.74, 6) is 0.704. The van der Waals surface area contributed by atoms with Crippen LogP contribution in [-0.4, -0.2) is 19.5 Å². The highest BCUT2D eigenvalue weighted by atomic mass is 16.2. The predicted octanol–water partition coefficient (Wildman–Crippen LogP) is 2.66. The molecule has 2 N–H and O–H groups in total. The maximum Gasteiger partial charge on any atom is 0.229 e. The van der Waals surface area contributed by atoms with Crippen molar-refractivity contribution in [1.29, 1.82) is 0 Å². The average Bonchev–Trinajstić information content (AvgIpc) is 2.37. The van der Waals surface area contributed by atoms with Crippen molar-refractivity contribution < 1.29 is 4.79 Å². The lowest BCUT2D eigenvalue weighted by molar-refractivity contribution is -0.122. The topological polar surface area (TPSA) is 46.3 Å². The fourth-order valence-corrected chi connectivity index (χ4v) is 2.17. The van der Waals surface area contributed by atoms with Gasteiger partial charge < -0.3 is 10.6 Å². The van der Waals surface area contributed by atoms with E-state index >= 15 is 0 Å². The standard InChI is InChI=1S/C15H24N2O/c1-12(2)11-13(9-10-16)15(18)17(3)14-7-5-4-6-8-14/h4-8,12-13H,9-11,16H2,1-3H3. The zero-order chi connectivity index (χ0) is 13.5. The third-order valence-electron chi connectivity index (χ3n) is 3.09. The summed E-state index contributed by atoms with van der Waals surface area (Å²) in [6, 6.07) is 9.74. The molecule has 1 atom stereocenters. The Hall–Kier alpha value is -1.35. The van der Waals surface area contributed by atoms with Gasteiger partial charge in [-0.25, -0.2) is 0 Å². The normalized spacial score (nSPS) is 12.5. The molecule has 0 spiro atoms. The van der Waals surface area contributed by atoms with Gasteiger partial charge in [0, 0.05) is 18.7 Å². The molecular weight excluding hydrogens is 224 g/mol. The number of carbonyl (C=O) groups is 1. The molecule has 0 aromatic heterocycles. The molecule has 0 fully saturated rings. The van der Waals surface area contributed by atoms with E-state index in [4.69, 9.17) is 5.73 Å². The van der Waals surface area contributed by atoms with Crippen molar-refractivity contribution in [2.75, 3.05) is 18.5 Å². The molecular formula is C15H24N2O. The molecule has 1 aromatic rings. The third kappa shape index (κ3) is 4.15. The van der Waals surface area contributed by atoms with Gasteiger partial charge in [-0.1, -0.05) is 32.0 Å². The lowest BCUT2D eigenvalue weighted by atomic mass is 9.93. The quantitative estimate of drug-likeness (QED) is 0.841. The number of carbonyl (C=O) groups excluding carboxylic acids is 1. The molecule has 0 radical (unpaired) electrons. The first-order chi connectivity index (χ1) is 8.56. The van der Waals surface area contributed by atoms with Crippen LogP contribution in [-0.2, 0) is 4.79 Å². The first-order valence-corrected chi connectivity index (χ1v) is 6.59. The van der Waals surface area contributed by atoms with Gasteiger partial charge in [0.25, 0.3) is 0 Å². The minimum atomic E-state index is 0.0280. The smallest absolute Gasteiger partial charge is 0.229 e. The van der Waals surface area contributed by atoms with E-state index in [0.717, 1.165) is 18.5 Å². The SMILES string of the molecule is CC(C)CC(CCN)C(=O)N(C)c1ccccc1. The second-order valence-electron chi connectivity index (χ2n) is 5.14. The maximum absolute atomic E-state index is 12.4. The van der Waals surface area contributed by atoms with Crippen LogP contribution in [0.25, 0.3) is 0 Å². The predicted molar refractivity (Wildman–Crippen MR) is 76.5 cm³/mol. The molecule has 0 heterocycles. The second kappa shape index (κ2) is 7.17. The number of benzene rings is 1. The van der Waals surface area contributed by atoms with Crippen LogP contribution in [0.3, 0.4) is 0 Å². The second-order valence-corrected chi connectivity index (χ2v) is 5.14. The van der Waals surface area contributed by atoms with Crippen molar-refractivity contribution in [2.45, 2.75) is 26.7 Å². The fraction of sp³-hybridized carbons (Fsp3) is 0.533. The molecule has 0 saturated carbocycles. The minimum Gasteiger partial charge on any atom is -0.330 e. The van der Waals surface area contributed by atoms with Crippen molar-refractivity contribution in [1.82, 2.24) is 0 Å². The molecule has 3 nitrogen and oxygen atoms in total. The van der Waals surface area contributed by atoms with Gasteiger partial charge in [0.05, 0.1) is 0 Å². The minimum absolute atomic E-state index is 0.0280. The summed E-state index contributed by atoms with van der Waals surface area (Å²) in [6.45, 7) is 4.84. The Morgan fingerprint density at radius 2 is 1.89 bits per heavy atom. The van der Waals surface area contributed by atoms with Gasteiger partial charge in [-0.3, -0.25) is 4.79 Å². The van der Waals surface area contributed by atoms with E-state index in [1.54, 1.807) is 4.90 Å². The van der Waals surface area contributed by atoms with Gasteiger partial charge in [-0.05, 0) is 37.4 Å². The highest BCUT2D eigenvalue weighted by molar-refractivity contribution is 5.94. The highest BCUT2D eigenvalue weighted by Crippen LogP contribution is 2.21. The Labute approximate surface area is 110 Å². The van der Waals surface area contributed by atoms with E-state index in [-0.39, 0.29) is 11.8 Å². The van der Waals surface area contributed by atoms with Gasteiger partial charge in [0.2, 0.25) is 5.91 Å². The van der Waals surface area contributed by atoms with Crippen molar-refractivity contribution >= 4 is 11.6 Å². The van der Waals surface area contributed by atoms with Gasteiger partial charge in [0.15, 0.2) is 0 Å². The van der Waals surface area contributed by atoms with Gasteiger partial charge in [-0.2, -0.15) is 0 Å². The third-order valence-corrected chi connectivity index (χ3v) is 3.09. The molecule has 0 aliphatic carbocycles. The molecule has 1 aromatic carbocycles. The lowest BCUT2D eigenvalue weighted by Gasteiger charge is -2.24. The Bertz CT molecular complexity index is 362. The van der Waals surface area contributed by atoms with E-state index < -0.39 is 0 Å². The van der Waals surface area contributed by atoms with E-state index in [1.165, 1.54) is 0 Å². The summed E-state index contributed by atoms with van der Waals surface area (Å²) in [6.07, 6.45) is 1.65. The molecule has 3 heteroatoms. The largest absolute Gasteiger partial charge is 0.330 e. The zero-order valence-electron chi connectivity index (χ0n) is 11.6. The van der Waals surface area contributed by atoms with Crippen molar-refractivity contribution in [3.05, 3.63) is 30.3 Å². The molecule has 0 aliphatic rings. The van der Waals surface area contributed by atoms with Crippen molar-refractivity contribution in [3.8, 4) is 0 Å². The van der Waals surface area contributed by atoms with Crippen LogP contribution < -0.4 is 10.6 Å². The zero-order valence-corrected chi connectivity index (χ0v) is 11.6. The van der Waals surface area contributed by atoms with E-state index in [1.807, 2.05) is 37.4 Å². The number of amides is 1. The highest BCUT2D eigenvalue weighted by Gasteiger charge is 2.23. The molecule has 0 saturated heterocycles. The number of hydrogen-bond acceptors (Lipinski definition) is 2. The molecule has 0 aliphatic heterocycles. The van der Waals surface area contributed by atoms with Crippen LogP contribution in [0.2, 0.25) is 0 Å². The number of nitrogens with two attached hydrogens (primary N) is 1. The molecule has 1 amide bonds. The fourth-order valence-electron chi connectivity index (χ4n) is 2.17. The molecule has 1 unspecified atom stereocenters. The molecule has 18 heavy (non-hydrogen) atoms. The summed E-state index contributed by atoms with van der Waals surface area (Å²) < 4.78 is 0. The summed E-state index contributed by atoms with van der Waals surface area (Å²) in [4.78, 5) is 14.2. The molecule has 100 valence electrons. The number of nitrogens with zero attached hydrogens (tertiary/aromatic N) is 1. The van der Waals surface area contributed by atoms with E-state index in [9.17, 15) is 4.79 Å². The monoisotopic (exact) mass is 248 g/mol. The van der Waals surface area contributed by atoms with Gasteiger partial charge in [-0.15, -0.1) is 0 Å². The van der Waals surface area contributed by atoms with Gasteiger partial charge in [0.1, 0.15) is 0 Å². The summed E-state index contributed by atoms with van der Waals surface area (Å²) in [5, 5.41) is 0. The maximum atomic E-state index is 12.4. The first-order valence-electron chi connectivity index (χ1n) is 6.59. The Balaban J connectivity index is 2.76. The number of anilines is 1. The van der Waals surface area contributed by atoms with Crippen LogP contribution in [0.15, 0.2) is 30.3 Å². The summed E-state index contributed by atoms with van der Waals surface area (Å²) in [5.41, 5.74) is 6.55. The van der Waals surface area contributed by atoms with Crippen LogP contribution in [0.5, 0.6) is 0 Å². The van der Waals surface area contributed by atoms with Crippen LogP contribution in [0.4, 0.5) is 5.69 Å². The van der Waals surface area contributed by atoms with Crippen LogP contribution >= 0.6 is 0 Å². The van der Waals surface area contributed by atoms with E-state index in [0.29, 0.717) is 12.5 Å². The number of para-hydroxylation sites is 1. The van der Waals surface area contributed by atoms with Gasteiger partial charge >= 0.3 is 0 Å². The van der Waals surface area contributed by atoms with Crippen LogP contribution in [0, 0.1) is 11.8 Å². The Kier molecular flexibility index (Phi) is 5.86. The first kappa shape index (κ1) is 14.7. The average molecular weight is 248 g/mol. The number of rotatable bonds is 6. The van der Waals surface area contributed by atoms with Crippen molar-refractivity contribution in [2.24, 2.45) is 17.6 Å². The molecule has 0 bridgehead atoms. The van der Waals surface area contributed by atoms with Crippen LogP contribution in [0.1, 0.15) is 26.7 Å².